The lowest BCUT2D eigenvalue weighted by atomic mass is 9.87. The Balaban J connectivity index is 1.99. The number of halogens is 2. The Hall–Kier alpha value is 0.1000. The van der Waals surface area contributed by atoms with E-state index in [1.165, 1.54) is 18.4 Å². The van der Waals surface area contributed by atoms with Crippen LogP contribution in [0.2, 0.25) is 0 Å². The Kier molecular flexibility index (Phi) is 5.46. The van der Waals surface area contributed by atoms with Crippen molar-refractivity contribution in [3.63, 3.8) is 0 Å². The zero-order valence-corrected chi connectivity index (χ0v) is 14.4. The molecule has 0 saturated heterocycles. The summed E-state index contributed by atoms with van der Waals surface area (Å²) in [6.45, 7) is 3.37. The van der Waals surface area contributed by atoms with Crippen LogP contribution in [0.1, 0.15) is 44.2 Å². The van der Waals surface area contributed by atoms with Gasteiger partial charge in [-0.25, -0.2) is 0 Å². The average molecular weight is 391 g/mol. The zero-order valence-electron chi connectivity index (χ0n) is 11.3. The van der Waals surface area contributed by atoms with Crippen molar-refractivity contribution in [2.75, 3.05) is 13.2 Å². The van der Waals surface area contributed by atoms with Crippen LogP contribution in [0, 0.1) is 5.41 Å². The minimum atomic E-state index is 0.107. The van der Waals surface area contributed by atoms with Crippen molar-refractivity contribution in [3.05, 3.63) is 32.7 Å². The first-order chi connectivity index (χ1) is 9.06. The minimum absolute atomic E-state index is 0.107. The predicted octanol–water partition coefficient (Wildman–Crippen LogP) is 4.41. The van der Waals surface area contributed by atoms with E-state index in [9.17, 15) is 5.11 Å². The number of benzene rings is 1. The first kappa shape index (κ1) is 15.5. The molecule has 0 radical (unpaired) electrons. The summed E-state index contributed by atoms with van der Waals surface area (Å²) in [5, 5.41) is 13.2. The van der Waals surface area contributed by atoms with Gasteiger partial charge in [0.25, 0.3) is 0 Å². The fourth-order valence-electron chi connectivity index (χ4n) is 2.85. The Morgan fingerprint density at radius 3 is 2.58 bits per heavy atom. The lowest BCUT2D eigenvalue weighted by molar-refractivity contribution is 0.125. The van der Waals surface area contributed by atoms with Crippen molar-refractivity contribution < 1.29 is 5.11 Å². The van der Waals surface area contributed by atoms with E-state index < -0.39 is 0 Å². The third kappa shape index (κ3) is 3.81. The first-order valence-corrected chi connectivity index (χ1v) is 8.44. The maximum atomic E-state index is 9.64. The number of aliphatic hydroxyl groups excluding tert-OH is 1. The third-order valence-corrected chi connectivity index (χ3v) is 5.39. The number of hydrogen-bond acceptors (Lipinski definition) is 2. The second-order valence-electron chi connectivity index (χ2n) is 5.63. The molecule has 1 aliphatic carbocycles. The minimum Gasteiger partial charge on any atom is -0.396 e. The monoisotopic (exact) mass is 389 g/mol. The van der Waals surface area contributed by atoms with Crippen LogP contribution in [-0.2, 0) is 0 Å². The van der Waals surface area contributed by atoms with Gasteiger partial charge in [0.05, 0.1) is 0 Å². The van der Waals surface area contributed by atoms with Gasteiger partial charge in [0.15, 0.2) is 0 Å². The molecule has 1 atom stereocenters. The van der Waals surface area contributed by atoms with Crippen molar-refractivity contribution in [3.8, 4) is 0 Å². The van der Waals surface area contributed by atoms with Crippen molar-refractivity contribution in [2.24, 2.45) is 5.41 Å². The Morgan fingerprint density at radius 1 is 1.32 bits per heavy atom. The summed E-state index contributed by atoms with van der Waals surface area (Å²) in [6, 6.07) is 6.55. The summed E-state index contributed by atoms with van der Waals surface area (Å²) in [6.07, 6.45) is 4.78. The Labute approximate surface area is 132 Å². The van der Waals surface area contributed by atoms with Crippen LogP contribution < -0.4 is 5.32 Å². The van der Waals surface area contributed by atoms with E-state index in [0.29, 0.717) is 6.61 Å². The van der Waals surface area contributed by atoms with E-state index in [2.05, 4.69) is 62.3 Å². The summed E-state index contributed by atoms with van der Waals surface area (Å²) in [5.41, 5.74) is 1.37. The van der Waals surface area contributed by atoms with Gasteiger partial charge in [-0.15, -0.1) is 0 Å². The molecule has 0 bridgehead atoms. The van der Waals surface area contributed by atoms with E-state index in [0.717, 1.165) is 28.3 Å². The maximum absolute atomic E-state index is 9.64. The molecule has 2 nitrogen and oxygen atoms in total. The van der Waals surface area contributed by atoms with Crippen LogP contribution in [0.15, 0.2) is 27.1 Å². The van der Waals surface area contributed by atoms with Gasteiger partial charge in [0, 0.05) is 33.6 Å². The van der Waals surface area contributed by atoms with Crippen LogP contribution in [-0.4, -0.2) is 18.3 Å². The largest absolute Gasteiger partial charge is 0.396 e. The summed E-state index contributed by atoms with van der Waals surface area (Å²) < 4.78 is 2.20. The number of aliphatic hydroxyl groups is 1. The molecule has 1 unspecified atom stereocenters. The molecular weight excluding hydrogens is 370 g/mol. The van der Waals surface area contributed by atoms with Gasteiger partial charge in [0.2, 0.25) is 0 Å². The molecule has 0 aromatic heterocycles. The van der Waals surface area contributed by atoms with Gasteiger partial charge in [-0.2, -0.15) is 0 Å². The molecule has 0 amide bonds. The average Bonchev–Trinajstić information content (AvgIpc) is 2.85. The zero-order chi connectivity index (χ0) is 13.9. The Bertz CT molecular complexity index is 430. The summed E-state index contributed by atoms with van der Waals surface area (Å²) in [7, 11) is 0. The molecule has 0 spiro atoms. The predicted molar refractivity (Wildman–Crippen MR) is 86.2 cm³/mol. The van der Waals surface area contributed by atoms with E-state index in [4.69, 9.17) is 0 Å². The molecule has 2 rings (SSSR count). The van der Waals surface area contributed by atoms with E-state index in [-0.39, 0.29) is 11.5 Å². The van der Waals surface area contributed by atoms with E-state index in [1.54, 1.807) is 0 Å². The highest BCUT2D eigenvalue weighted by Gasteiger charge is 2.33. The topological polar surface area (TPSA) is 32.3 Å². The SMILES string of the molecule is CC(NCC1(CO)CCCC1)c1ccc(Br)cc1Br. The lowest BCUT2D eigenvalue weighted by Crippen LogP contribution is -2.36. The molecule has 1 aliphatic rings. The van der Waals surface area contributed by atoms with Crippen molar-refractivity contribution >= 4 is 31.9 Å². The molecule has 2 N–H and O–H groups in total. The van der Waals surface area contributed by atoms with Gasteiger partial charge in [-0.3, -0.25) is 0 Å². The third-order valence-electron chi connectivity index (χ3n) is 4.21. The van der Waals surface area contributed by atoms with E-state index >= 15 is 0 Å². The normalized spacial score (nSPS) is 19.6. The van der Waals surface area contributed by atoms with Crippen LogP contribution >= 0.6 is 31.9 Å². The summed E-state index contributed by atoms with van der Waals surface area (Å²) >= 11 is 7.09. The van der Waals surface area contributed by atoms with Crippen LogP contribution in [0.5, 0.6) is 0 Å². The van der Waals surface area contributed by atoms with Crippen LogP contribution in [0.3, 0.4) is 0 Å². The molecule has 4 heteroatoms. The van der Waals surface area contributed by atoms with Gasteiger partial charge in [0.1, 0.15) is 0 Å². The van der Waals surface area contributed by atoms with Crippen LogP contribution in [0.4, 0.5) is 0 Å². The fraction of sp³-hybridized carbons (Fsp3) is 0.600. The Morgan fingerprint density at radius 2 is 2.00 bits per heavy atom. The standard InChI is InChI=1S/C15H21Br2NO/c1-11(13-5-4-12(16)8-14(13)17)18-9-15(10-19)6-2-3-7-15/h4-5,8,11,18-19H,2-3,6-7,9-10H2,1H3. The summed E-state index contributed by atoms with van der Waals surface area (Å²) in [5.74, 6) is 0. The lowest BCUT2D eigenvalue weighted by Gasteiger charge is -2.29. The van der Waals surface area contributed by atoms with Crippen molar-refractivity contribution in [1.29, 1.82) is 0 Å². The number of nitrogens with one attached hydrogen (secondary N) is 1. The highest BCUT2D eigenvalue weighted by Crippen LogP contribution is 2.37. The molecule has 1 aromatic carbocycles. The second kappa shape index (κ2) is 6.70. The molecule has 1 fully saturated rings. The number of hydrogen-bond donors (Lipinski definition) is 2. The molecule has 106 valence electrons. The second-order valence-corrected chi connectivity index (χ2v) is 7.40. The molecular formula is C15H21Br2NO. The van der Waals surface area contributed by atoms with Crippen LogP contribution in [0.25, 0.3) is 0 Å². The molecule has 1 aromatic rings. The van der Waals surface area contributed by atoms with E-state index in [1.807, 2.05) is 0 Å². The van der Waals surface area contributed by atoms with Gasteiger partial charge in [-0.1, -0.05) is 50.8 Å². The smallest absolute Gasteiger partial charge is 0.0499 e. The van der Waals surface area contributed by atoms with Gasteiger partial charge < -0.3 is 10.4 Å². The fourth-order valence-corrected chi connectivity index (χ4v) is 4.24. The van der Waals surface area contributed by atoms with Gasteiger partial charge >= 0.3 is 0 Å². The quantitative estimate of drug-likeness (QED) is 0.780. The van der Waals surface area contributed by atoms with Crippen molar-refractivity contribution in [2.45, 2.75) is 38.6 Å². The number of rotatable bonds is 5. The summed E-state index contributed by atoms with van der Waals surface area (Å²) in [4.78, 5) is 0. The molecule has 0 aliphatic heterocycles. The maximum Gasteiger partial charge on any atom is 0.0499 e. The highest BCUT2D eigenvalue weighted by molar-refractivity contribution is 9.11. The highest BCUT2D eigenvalue weighted by atomic mass is 79.9. The van der Waals surface area contributed by atoms with Gasteiger partial charge in [-0.05, 0) is 37.5 Å². The first-order valence-electron chi connectivity index (χ1n) is 6.85. The molecule has 1 saturated carbocycles. The molecule has 19 heavy (non-hydrogen) atoms. The van der Waals surface area contributed by atoms with Crippen molar-refractivity contribution in [1.82, 2.24) is 5.32 Å². The molecule has 0 heterocycles.